The number of ether oxygens (including phenoxy) is 3. The summed E-state index contributed by atoms with van der Waals surface area (Å²) in [6.45, 7) is 0.295. The van der Waals surface area contributed by atoms with Gasteiger partial charge in [-0.05, 0) is 24.3 Å². The Hall–Kier alpha value is -3.65. The lowest BCUT2D eigenvalue weighted by atomic mass is 10.2. The first-order valence-electron chi connectivity index (χ1n) is 9.32. The van der Waals surface area contributed by atoms with E-state index >= 15 is 0 Å². The van der Waals surface area contributed by atoms with Crippen LogP contribution in [0.15, 0.2) is 59.4 Å². The van der Waals surface area contributed by atoms with E-state index in [0.717, 1.165) is 11.3 Å². The third-order valence-electron chi connectivity index (χ3n) is 4.66. The summed E-state index contributed by atoms with van der Waals surface area (Å²) in [6.07, 6.45) is 5.01. The largest absolute Gasteiger partial charge is 0.496 e. The third kappa shape index (κ3) is 3.31. The number of benzene rings is 2. The van der Waals surface area contributed by atoms with E-state index in [0.29, 0.717) is 33.4 Å². The van der Waals surface area contributed by atoms with Gasteiger partial charge in [0.15, 0.2) is 23.4 Å². The Kier molecular flexibility index (Phi) is 4.68. The second-order valence-electron chi connectivity index (χ2n) is 6.57. The van der Waals surface area contributed by atoms with E-state index in [1.165, 1.54) is 15.9 Å². The minimum Gasteiger partial charge on any atom is -0.496 e. The first kappa shape index (κ1) is 18.4. The molecule has 0 N–H and O–H groups in total. The number of nitrogens with zero attached hydrogens (tertiary/aromatic N) is 3. The molecule has 0 radical (unpaired) electrons. The van der Waals surface area contributed by atoms with Gasteiger partial charge in [-0.15, -0.1) is 5.10 Å². The maximum Gasteiger partial charge on any atom is 0.291 e. The maximum absolute atomic E-state index is 12.7. The Balaban J connectivity index is 1.41. The lowest BCUT2D eigenvalue weighted by Gasteiger charge is -2.24. The molecule has 0 saturated carbocycles. The van der Waals surface area contributed by atoms with Crippen LogP contribution in [0.2, 0.25) is 0 Å². The number of methoxy groups -OCH3 is 1. The molecule has 2 aromatic heterocycles. The molecule has 1 aliphatic heterocycles. The van der Waals surface area contributed by atoms with Gasteiger partial charge in [0, 0.05) is 5.56 Å². The maximum atomic E-state index is 12.7. The van der Waals surface area contributed by atoms with E-state index in [2.05, 4.69) is 10.1 Å². The molecule has 7 nitrogen and oxygen atoms in total. The van der Waals surface area contributed by atoms with Crippen molar-refractivity contribution in [3.8, 4) is 17.2 Å². The Labute approximate surface area is 175 Å². The number of fused-ring (bicyclic) bond motifs is 2. The molecule has 30 heavy (non-hydrogen) atoms. The summed E-state index contributed by atoms with van der Waals surface area (Å²) in [5.41, 5.74) is 0.718. The van der Waals surface area contributed by atoms with E-state index < -0.39 is 6.10 Å². The molecular formula is C22H17N3O4S. The van der Waals surface area contributed by atoms with E-state index in [-0.39, 0.29) is 5.56 Å². The third-order valence-corrected chi connectivity index (χ3v) is 5.63. The van der Waals surface area contributed by atoms with E-state index in [1.54, 1.807) is 13.2 Å². The monoisotopic (exact) mass is 419 g/mol. The van der Waals surface area contributed by atoms with Crippen molar-refractivity contribution >= 4 is 28.4 Å². The summed E-state index contributed by atoms with van der Waals surface area (Å²) in [5.74, 6) is 2.54. The van der Waals surface area contributed by atoms with Crippen molar-refractivity contribution in [3.05, 3.63) is 80.9 Å². The molecule has 1 atom stereocenters. The number of para-hydroxylation sites is 3. The van der Waals surface area contributed by atoms with Gasteiger partial charge in [-0.25, -0.2) is 0 Å². The molecule has 0 saturated heterocycles. The lowest BCUT2D eigenvalue weighted by Crippen LogP contribution is -2.25. The summed E-state index contributed by atoms with van der Waals surface area (Å²) in [5, 5.41) is 4.36. The summed E-state index contributed by atoms with van der Waals surface area (Å²) in [6, 6.07) is 15.1. The number of thiazole rings is 1. The van der Waals surface area contributed by atoms with E-state index in [1.807, 2.05) is 60.7 Å². The molecule has 0 fully saturated rings. The van der Waals surface area contributed by atoms with Gasteiger partial charge < -0.3 is 14.2 Å². The Morgan fingerprint density at radius 1 is 1.17 bits per heavy atom. The SMILES string of the molecule is COc1ccccc1/C=C/C=c1sc2nc(C3COc4ccccc4O3)nn2c1=O. The molecule has 0 aliphatic carbocycles. The Bertz CT molecular complexity index is 1360. The predicted molar refractivity (Wildman–Crippen MR) is 114 cm³/mol. The van der Waals surface area contributed by atoms with Crippen LogP contribution in [0.25, 0.3) is 17.1 Å². The first-order valence-corrected chi connectivity index (χ1v) is 10.1. The second-order valence-corrected chi connectivity index (χ2v) is 7.58. The topological polar surface area (TPSA) is 74.9 Å². The number of rotatable bonds is 4. The first-order chi connectivity index (χ1) is 14.7. The van der Waals surface area contributed by atoms with Gasteiger partial charge in [-0.2, -0.15) is 9.50 Å². The fraction of sp³-hybridized carbons (Fsp3) is 0.136. The molecule has 150 valence electrons. The summed E-state index contributed by atoms with van der Waals surface area (Å²) < 4.78 is 18.8. The van der Waals surface area contributed by atoms with Crippen LogP contribution in [0.5, 0.6) is 17.2 Å². The molecule has 0 bridgehead atoms. The molecule has 1 unspecified atom stereocenters. The van der Waals surface area contributed by atoms with Crippen LogP contribution in [0, 0.1) is 0 Å². The van der Waals surface area contributed by atoms with Crippen LogP contribution in [0.3, 0.4) is 0 Å². The molecular weight excluding hydrogens is 402 g/mol. The number of hydrogen-bond acceptors (Lipinski definition) is 7. The van der Waals surface area contributed by atoms with Crippen LogP contribution in [-0.2, 0) is 0 Å². The molecule has 0 amide bonds. The van der Waals surface area contributed by atoms with Gasteiger partial charge >= 0.3 is 0 Å². The van der Waals surface area contributed by atoms with Crippen LogP contribution < -0.4 is 24.3 Å². The Morgan fingerprint density at radius 2 is 1.97 bits per heavy atom. The fourth-order valence-corrected chi connectivity index (χ4v) is 4.06. The van der Waals surface area contributed by atoms with Crippen LogP contribution >= 0.6 is 11.3 Å². The average Bonchev–Trinajstić information content (AvgIpc) is 3.33. The lowest BCUT2D eigenvalue weighted by molar-refractivity contribution is 0.0852. The second kappa shape index (κ2) is 7.64. The van der Waals surface area contributed by atoms with Gasteiger partial charge in [0.05, 0.1) is 11.6 Å². The molecule has 8 heteroatoms. The van der Waals surface area contributed by atoms with Gasteiger partial charge in [-0.3, -0.25) is 4.79 Å². The zero-order valence-corrected chi connectivity index (χ0v) is 16.8. The normalized spacial score (nSPS) is 16.4. The van der Waals surface area contributed by atoms with Gasteiger partial charge in [0.1, 0.15) is 12.4 Å². The number of aromatic nitrogens is 3. The average molecular weight is 419 g/mol. The van der Waals surface area contributed by atoms with Crippen molar-refractivity contribution in [2.24, 2.45) is 0 Å². The molecule has 3 heterocycles. The van der Waals surface area contributed by atoms with Crippen molar-refractivity contribution in [3.63, 3.8) is 0 Å². The predicted octanol–water partition coefficient (Wildman–Crippen LogP) is 2.88. The van der Waals surface area contributed by atoms with E-state index in [9.17, 15) is 4.79 Å². The zero-order valence-electron chi connectivity index (χ0n) is 16.0. The minimum atomic E-state index is -0.454. The van der Waals surface area contributed by atoms with Crippen LogP contribution in [0.1, 0.15) is 17.5 Å². The molecule has 4 aromatic rings. The highest BCUT2D eigenvalue weighted by Gasteiger charge is 2.26. The Morgan fingerprint density at radius 3 is 2.80 bits per heavy atom. The fourth-order valence-electron chi connectivity index (χ4n) is 3.19. The minimum absolute atomic E-state index is 0.212. The van der Waals surface area contributed by atoms with Gasteiger partial charge in [0.25, 0.3) is 5.56 Å². The van der Waals surface area contributed by atoms with Crippen molar-refractivity contribution in [1.82, 2.24) is 14.6 Å². The smallest absolute Gasteiger partial charge is 0.291 e. The van der Waals surface area contributed by atoms with Crippen LogP contribution in [0.4, 0.5) is 0 Å². The summed E-state index contributed by atoms with van der Waals surface area (Å²) in [4.78, 5) is 17.7. The highest BCUT2D eigenvalue weighted by molar-refractivity contribution is 7.15. The molecule has 1 aliphatic rings. The van der Waals surface area contributed by atoms with E-state index in [4.69, 9.17) is 14.2 Å². The number of allylic oxidation sites excluding steroid dienone is 1. The summed E-state index contributed by atoms with van der Waals surface area (Å²) in [7, 11) is 1.63. The van der Waals surface area contributed by atoms with Crippen LogP contribution in [-0.4, -0.2) is 28.3 Å². The highest BCUT2D eigenvalue weighted by atomic mass is 32.1. The van der Waals surface area contributed by atoms with Crippen molar-refractivity contribution in [2.45, 2.75) is 6.10 Å². The molecule has 2 aromatic carbocycles. The van der Waals surface area contributed by atoms with Crippen molar-refractivity contribution < 1.29 is 14.2 Å². The van der Waals surface area contributed by atoms with Gasteiger partial charge in [0.2, 0.25) is 4.96 Å². The highest BCUT2D eigenvalue weighted by Crippen LogP contribution is 2.35. The quantitative estimate of drug-likeness (QED) is 0.506. The molecule has 0 spiro atoms. The zero-order chi connectivity index (χ0) is 20.5. The van der Waals surface area contributed by atoms with Gasteiger partial charge in [-0.1, -0.05) is 53.8 Å². The van der Waals surface area contributed by atoms with Crippen molar-refractivity contribution in [1.29, 1.82) is 0 Å². The number of hydrogen-bond donors (Lipinski definition) is 0. The molecule has 5 rings (SSSR count). The summed E-state index contributed by atoms with van der Waals surface area (Å²) >= 11 is 1.28. The standard InChI is InChI=1S/C22H17N3O4S/c1-27-15-9-3-2-7-14(15)8-6-12-19-21(26)25-22(30-19)23-20(24-25)18-13-28-16-10-4-5-11-17(16)29-18/h2-12,18H,13H2,1H3/b8-6+,19-12?. The van der Waals surface area contributed by atoms with Crippen molar-refractivity contribution in [2.75, 3.05) is 13.7 Å².